The largest absolute Gasteiger partial charge is 0.308 e. The van der Waals surface area contributed by atoms with Gasteiger partial charge in [0, 0.05) is 0 Å². The Bertz CT molecular complexity index is 174. The van der Waals surface area contributed by atoms with Crippen LogP contribution in [0.2, 0.25) is 5.02 Å². The van der Waals surface area contributed by atoms with Crippen LogP contribution in [0.4, 0.5) is 5.82 Å². The van der Waals surface area contributed by atoms with Gasteiger partial charge in [0.25, 0.3) is 0 Å². The van der Waals surface area contributed by atoms with E-state index in [2.05, 4.69) is 15.6 Å². The third kappa shape index (κ3) is 1.74. The minimum atomic E-state index is 0. The first-order valence-corrected chi connectivity index (χ1v) is 2.38. The normalized spacial score (nSPS) is 8.22. The fourth-order valence-electron chi connectivity index (χ4n) is 0.373. The Balaban J connectivity index is 0.000000640. The van der Waals surface area contributed by atoms with Crippen molar-refractivity contribution < 1.29 is 0 Å². The van der Waals surface area contributed by atoms with Crippen molar-refractivity contribution in [2.75, 3.05) is 5.43 Å². The Morgan fingerprint density at radius 1 is 1.78 bits per heavy atom. The minimum absolute atomic E-state index is 0. The summed E-state index contributed by atoms with van der Waals surface area (Å²) < 4.78 is 0. The van der Waals surface area contributed by atoms with Gasteiger partial charge in [-0.25, -0.2) is 5.84 Å². The maximum Gasteiger partial charge on any atom is 0.154 e. The van der Waals surface area contributed by atoms with E-state index in [9.17, 15) is 0 Å². The number of nitrogens with one attached hydrogen (secondary N) is 2. The van der Waals surface area contributed by atoms with Crippen molar-refractivity contribution in [2.45, 2.75) is 0 Å². The SMILES string of the molecule is Cl.NNc1[nH]ncc1Cl. The van der Waals surface area contributed by atoms with Crippen LogP contribution >= 0.6 is 24.0 Å². The van der Waals surface area contributed by atoms with Gasteiger partial charge in [-0.3, -0.25) is 5.10 Å². The van der Waals surface area contributed by atoms with Crippen LogP contribution in [0.3, 0.4) is 0 Å². The molecular formula is C3H6Cl2N4. The lowest BCUT2D eigenvalue weighted by Crippen LogP contribution is -2.07. The highest BCUT2D eigenvalue weighted by Gasteiger charge is 1.95. The van der Waals surface area contributed by atoms with E-state index in [1.54, 1.807) is 0 Å². The maximum atomic E-state index is 5.50. The number of halogens is 2. The molecule has 0 unspecified atom stereocenters. The zero-order valence-electron chi connectivity index (χ0n) is 4.39. The van der Waals surface area contributed by atoms with Crippen molar-refractivity contribution in [2.24, 2.45) is 5.84 Å². The monoisotopic (exact) mass is 168 g/mol. The predicted octanol–water partition coefficient (Wildman–Crippen LogP) is 0.770. The van der Waals surface area contributed by atoms with Crippen LogP contribution in [0.5, 0.6) is 0 Å². The first-order valence-electron chi connectivity index (χ1n) is 2.00. The van der Waals surface area contributed by atoms with Gasteiger partial charge in [-0.05, 0) is 0 Å². The number of anilines is 1. The van der Waals surface area contributed by atoms with Gasteiger partial charge >= 0.3 is 0 Å². The summed E-state index contributed by atoms with van der Waals surface area (Å²) in [6.07, 6.45) is 1.47. The Morgan fingerprint density at radius 3 is 2.67 bits per heavy atom. The van der Waals surface area contributed by atoms with Crippen molar-refractivity contribution in [3.63, 3.8) is 0 Å². The van der Waals surface area contributed by atoms with Crippen molar-refractivity contribution in [1.82, 2.24) is 10.2 Å². The van der Waals surface area contributed by atoms with E-state index in [-0.39, 0.29) is 12.4 Å². The number of H-pyrrole nitrogens is 1. The van der Waals surface area contributed by atoms with E-state index < -0.39 is 0 Å². The second-order valence-corrected chi connectivity index (χ2v) is 1.64. The molecule has 0 aliphatic heterocycles. The molecule has 0 aromatic carbocycles. The highest BCUT2D eigenvalue weighted by Crippen LogP contribution is 2.14. The first kappa shape index (κ1) is 8.55. The highest BCUT2D eigenvalue weighted by atomic mass is 35.5. The van der Waals surface area contributed by atoms with Gasteiger partial charge in [0.2, 0.25) is 0 Å². The smallest absolute Gasteiger partial charge is 0.154 e. The molecule has 1 aromatic heterocycles. The van der Waals surface area contributed by atoms with Gasteiger partial charge < -0.3 is 5.43 Å². The van der Waals surface area contributed by atoms with Gasteiger partial charge in [0.05, 0.1) is 6.20 Å². The molecular weight excluding hydrogens is 163 g/mol. The van der Waals surface area contributed by atoms with Crippen LogP contribution < -0.4 is 11.3 Å². The van der Waals surface area contributed by atoms with Gasteiger partial charge in [0.15, 0.2) is 5.82 Å². The number of hydrazine groups is 1. The molecule has 0 aliphatic carbocycles. The van der Waals surface area contributed by atoms with Crippen LogP contribution in [0, 0.1) is 0 Å². The molecule has 0 saturated heterocycles. The molecule has 4 nitrogen and oxygen atoms in total. The summed E-state index contributed by atoms with van der Waals surface area (Å²) in [6.45, 7) is 0. The topological polar surface area (TPSA) is 66.7 Å². The lowest BCUT2D eigenvalue weighted by Gasteiger charge is -1.90. The van der Waals surface area contributed by atoms with Crippen molar-refractivity contribution >= 4 is 29.8 Å². The van der Waals surface area contributed by atoms with E-state index >= 15 is 0 Å². The average molecular weight is 169 g/mol. The zero-order valence-corrected chi connectivity index (χ0v) is 5.96. The molecule has 1 rings (SSSR count). The lowest BCUT2D eigenvalue weighted by molar-refractivity contribution is 1.08. The van der Waals surface area contributed by atoms with Crippen LogP contribution in [0.15, 0.2) is 6.20 Å². The maximum absolute atomic E-state index is 5.50. The molecule has 1 aromatic rings. The van der Waals surface area contributed by atoms with E-state index in [0.717, 1.165) is 0 Å². The van der Waals surface area contributed by atoms with E-state index in [1.165, 1.54) is 6.20 Å². The second-order valence-electron chi connectivity index (χ2n) is 1.24. The van der Waals surface area contributed by atoms with Crippen LogP contribution in [0.25, 0.3) is 0 Å². The lowest BCUT2D eigenvalue weighted by atomic mass is 10.7. The molecule has 0 bridgehead atoms. The molecule has 6 heteroatoms. The summed E-state index contributed by atoms with van der Waals surface area (Å²) in [5.41, 5.74) is 2.33. The molecule has 0 fully saturated rings. The Hall–Kier alpha value is -0.450. The molecule has 4 N–H and O–H groups in total. The number of nitrogens with two attached hydrogens (primary N) is 1. The Kier molecular flexibility index (Phi) is 3.37. The summed E-state index contributed by atoms with van der Waals surface area (Å²) in [5, 5.41) is 6.62. The van der Waals surface area contributed by atoms with Crippen molar-refractivity contribution in [1.29, 1.82) is 0 Å². The molecule has 0 saturated carbocycles. The van der Waals surface area contributed by atoms with Crippen molar-refractivity contribution in [3.05, 3.63) is 11.2 Å². The van der Waals surface area contributed by atoms with E-state index in [0.29, 0.717) is 10.8 Å². The van der Waals surface area contributed by atoms with E-state index in [1.807, 2.05) is 0 Å². The van der Waals surface area contributed by atoms with Gasteiger partial charge in [-0.1, -0.05) is 11.6 Å². The molecule has 0 radical (unpaired) electrons. The number of aromatic amines is 1. The molecule has 1 heterocycles. The van der Waals surface area contributed by atoms with E-state index in [4.69, 9.17) is 17.4 Å². The van der Waals surface area contributed by atoms with Gasteiger partial charge in [-0.2, -0.15) is 5.10 Å². The molecule has 0 spiro atoms. The van der Waals surface area contributed by atoms with Crippen LogP contribution in [0.1, 0.15) is 0 Å². The molecule has 52 valence electrons. The average Bonchev–Trinajstić information content (AvgIpc) is 2.14. The molecule has 0 amide bonds. The number of hydrogen-bond donors (Lipinski definition) is 3. The van der Waals surface area contributed by atoms with Crippen LogP contribution in [-0.2, 0) is 0 Å². The minimum Gasteiger partial charge on any atom is -0.308 e. The molecule has 0 aliphatic rings. The summed E-state index contributed by atoms with van der Waals surface area (Å²) >= 11 is 5.50. The Morgan fingerprint density at radius 2 is 2.44 bits per heavy atom. The summed E-state index contributed by atoms with van der Waals surface area (Å²) in [4.78, 5) is 0. The van der Waals surface area contributed by atoms with Crippen LogP contribution in [-0.4, -0.2) is 10.2 Å². The fourth-order valence-corrected chi connectivity index (χ4v) is 0.518. The summed E-state index contributed by atoms with van der Waals surface area (Å²) in [6, 6.07) is 0. The Labute approximate surface area is 63.1 Å². The molecule has 9 heavy (non-hydrogen) atoms. The summed E-state index contributed by atoms with van der Waals surface area (Å²) in [7, 11) is 0. The number of aromatic nitrogens is 2. The van der Waals surface area contributed by atoms with Gasteiger partial charge in [-0.15, -0.1) is 12.4 Å². The summed E-state index contributed by atoms with van der Waals surface area (Å²) in [5.74, 6) is 5.52. The number of rotatable bonds is 1. The molecule has 0 atom stereocenters. The fraction of sp³-hybridized carbons (Fsp3) is 0. The predicted molar refractivity (Wildman–Crippen MR) is 38.7 cm³/mol. The second kappa shape index (κ2) is 3.55. The number of hydrogen-bond acceptors (Lipinski definition) is 3. The number of nitrogens with zero attached hydrogens (tertiary/aromatic N) is 1. The highest BCUT2D eigenvalue weighted by molar-refractivity contribution is 6.32. The van der Waals surface area contributed by atoms with Gasteiger partial charge in [0.1, 0.15) is 5.02 Å². The third-order valence-electron chi connectivity index (χ3n) is 0.737. The third-order valence-corrected chi connectivity index (χ3v) is 1.02. The standard InChI is InChI=1S/C3H5ClN4.ClH/c4-2-1-6-8-3(2)7-5;/h1H,5H2,(H2,6,7,8);1H. The quantitative estimate of drug-likeness (QED) is 0.429. The first-order chi connectivity index (χ1) is 3.84. The van der Waals surface area contributed by atoms with Crippen molar-refractivity contribution in [3.8, 4) is 0 Å². The number of nitrogen functional groups attached to an aromatic ring is 1. The zero-order chi connectivity index (χ0) is 5.98.